The van der Waals surface area contributed by atoms with E-state index < -0.39 is 5.82 Å². The van der Waals surface area contributed by atoms with Gasteiger partial charge in [-0.3, -0.25) is 0 Å². The normalized spacial score (nSPS) is 12.9. The molecule has 1 rings (SSSR count). The molecule has 0 aromatic heterocycles. The molecule has 3 heteroatoms. The van der Waals surface area contributed by atoms with E-state index in [0.29, 0.717) is 6.54 Å². The minimum absolute atomic E-state index is 0.150. The minimum atomic E-state index is -0.594. The second-order valence-corrected chi connectivity index (χ2v) is 2.85. The fraction of sp³-hybridized carbons (Fsp3) is 0.333. The maximum atomic E-state index is 12.6. The van der Waals surface area contributed by atoms with Gasteiger partial charge in [0.2, 0.25) is 0 Å². The van der Waals surface area contributed by atoms with Crippen LogP contribution in [0.2, 0.25) is 0 Å². The average Bonchev–Trinajstić information content (AvgIpc) is 2.08. The van der Waals surface area contributed by atoms with Crippen molar-refractivity contribution >= 4 is 0 Å². The molecular weight excluding hydrogens is 157 g/mol. The Kier molecular flexibility index (Phi) is 2.65. The number of nitrogens with two attached hydrogens (primary N) is 1. The van der Waals surface area contributed by atoms with E-state index >= 15 is 0 Å². The van der Waals surface area contributed by atoms with E-state index in [1.54, 1.807) is 6.07 Å². The molecular formula is C9H12FNO. The summed E-state index contributed by atoms with van der Waals surface area (Å²) in [5.74, 6) is -0.757. The summed E-state index contributed by atoms with van der Waals surface area (Å²) in [5, 5.41) is 9.03. The van der Waals surface area contributed by atoms with Crippen LogP contribution >= 0.6 is 0 Å². The first-order chi connectivity index (χ1) is 5.65. The lowest BCUT2D eigenvalue weighted by molar-refractivity contribution is 0.431. The van der Waals surface area contributed by atoms with Gasteiger partial charge in [0.15, 0.2) is 11.6 Å². The first kappa shape index (κ1) is 9.00. The predicted octanol–water partition coefficient (Wildman–Crippen LogP) is 1.59. The summed E-state index contributed by atoms with van der Waals surface area (Å²) in [4.78, 5) is 0. The van der Waals surface area contributed by atoms with Gasteiger partial charge in [-0.25, -0.2) is 4.39 Å². The molecule has 0 aliphatic heterocycles. The van der Waals surface area contributed by atoms with Gasteiger partial charge in [-0.2, -0.15) is 0 Å². The van der Waals surface area contributed by atoms with Crippen LogP contribution < -0.4 is 5.73 Å². The van der Waals surface area contributed by atoms with Crippen molar-refractivity contribution in [2.24, 2.45) is 5.73 Å². The van der Waals surface area contributed by atoms with Crippen molar-refractivity contribution in [2.75, 3.05) is 6.54 Å². The van der Waals surface area contributed by atoms with Crippen molar-refractivity contribution in [3.63, 3.8) is 0 Å². The van der Waals surface area contributed by atoms with Crippen molar-refractivity contribution < 1.29 is 9.50 Å². The summed E-state index contributed by atoms with van der Waals surface area (Å²) in [7, 11) is 0. The smallest absolute Gasteiger partial charge is 0.164 e. The summed E-state index contributed by atoms with van der Waals surface area (Å²) in [6.07, 6.45) is 0. The SMILES string of the molecule is CC(CN)c1ccc(F)c(O)c1. The molecule has 0 amide bonds. The second-order valence-electron chi connectivity index (χ2n) is 2.85. The molecule has 66 valence electrons. The molecule has 0 saturated carbocycles. The summed E-state index contributed by atoms with van der Waals surface area (Å²) < 4.78 is 12.6. The number of hydrogen-bond acceptors (Lipinski definition) is 2. The van der Waals surface area contributed by atoms with Crippen molar-refractivity contribution in [3.05, 3.63) is 29.6 Å². The van der Waals surface area contributed by atoms with E-state index in [2.05, 4.69) is 0 Å². The fourth-order valence-electron chi connectivity index (χ4n) is 0.972. The zero-order valence-corrected chi connectivity index (χ0v) is 6.92. The fourth-order valence-corrected chi connectivity index (χ4v) is 0.972. The highest BCUT2D eigenvalue weighted by atomic mass is 19.1. The molecule has 0 spiro atoms. The molecule has 0 fully saturated rings. The Morgan fingerprint density at radius 1 is 1.58 bits per heavy atom. The number of phenols is 1. The predicted molar refractivity (Wildman–Crippen MR) is 45.5 cm³/mol. The molecule has 0 aliphatic rings. The third-order valence-corrected chi connectivity index (χ3v) is 1.89. The summed E-state index contributed by atoms with van der Waals surface area (Å²) in [5.41, 5.74) is 6.27. The van der Waals surface area contributed by atoms with Crippen LogP contribution in [0.3, 0.4) is 0 Å². The highest BCUT2D eigenvalue weighted by molar-refractivity contribution is 5.31. The molecule has 1 aromatic rings. The maximum absolute atomic E-state index is 12.6. The lowest BCUT2D eigenvalue weighted by Gasteiger charge is -2.08. The van der Waals surface area contributed by atoms with Gasteiger partial charge in [-0.15, -0.1) is 0 Å². The van der Waals surface area contributed by atoms with Gasteiger partial charge < -0.3 is 10.8 Å². The second kappa shape index (κ2) is 3.54. The summed E-state index contributed by atoms with van der Waals surface area (Å²) in [6, 6.07) is 4.29. The Balaban J connectivity index is 2.96. The van der Waals surface area contributed by atoms with Crippen molar-refractivity contribution in [1.82, 2.24) is 0 Å². The average molecular weight is 169 g/mol. The Hall–Kier alpha value is -1.09. The first-order valence-corrected chi connectivity index (χ1v) is 3.83. The van der Waals surface area contributed by atoms with Crippen LogP contribution in [-0.2, 0) is 0 Å². The largest absolute Gasteiger partial charge is 0.505 e. The molecule has 0 aliphatic carbocycles. The Bertz CT molecular complexity index is 275. The van der Waals surface area contributed by atoms with E-state index in [1.165, 1.54) is 12.1 Å². The molecule has 3 N–H and O–H groups in total. The summed E-state index contributed by atoms with van der Waals surface area (Å²) >= 11 is 0. The number of hydrogen-bond donors (Lipinski definition) is 2. The summed E-state index contributed by atoms with van der Waals surface area (Å²) in [6.45, 7) is 2.41. The highest BCUT2D eigenvalue weighted by Gasteiger charge is 2.06. The van der Waals surface area contributed by atoms with E-state index in [4.69, 9.17) is 10.8 Å². The molecule has 1 aromatic carbocycles. The van der Waals surface area contributed by atoms with Crippen LogP contribution in [0.1, 0.15) is 18.4 Å². The van der Waals surface area contributed by atoms with Crippen LogP contribution in [0.15, 0.2) is 18.2 Å². The van der Waals surface area contributed by atoms with Gasteiger partial charge in [-0.1, -0.05) is 13.0 Å². The third-order valence-electron chi connectivity index (χ3n) is 1.89. The molecule has 0 bridgehead atoms. The number of rotatable bonds is 2. The van der Waals surface area contributed by atoms with E-state index in [1.807, 2.05) is 6.92 Å². The molecule has 1 atom stereocenters. The number of benzene rings is 1. The molecule has 0 saturated heterocycles. The molecule has 12 heavy (non-hydrogen) atoms. The molecule has 1 unspecified atom stereocenters. The van der Waals surface area contributed by atoms with Gasteiger partial charge in [0.1, 0.15) is 0 Å². The van der Waals surface area contributed by atoms with E-state index in [0.717, 1.165) is 5.56 Å². The van der Waals surface area contributed by atoms with Gasteiger partial charge in [-0.05, 0) is 30.2 Å². The number of aromatic hydroxyl groups is 1. The third kappa shape index (κ3) is 1.74. The minimum Gasteiger partial charge on any atom is -0.505 e. The number of halogens is 1. The van der Waals surface area contributed by atoms with E-state index in [-0.39, 0.29) is 11.7 Å². The Morgan fingerprint density at radius 3 is 2.75 bits per heavy atom. The quantitative estimate of drug-likeness (QED) is 0.706. The topological polar surface area (TPSA) is 46.2 Å². The first-order valence-electron chi connectivity index (χ1n) is 3.83. The van der Waals surface area contributed by atoms with Crippen molar-refractivity contribution in [2.45, 2.75) is 12.8 Å². The van der Waals surface area contributed by atoms with Crippen LogP contribution in [0.4, 0.5) is 4.39 Å². The standard InChI is InChI=1S/C9H12FNO/c1-6(5-11)7-2-3-8(10)9(12)4-7/h2-4,6,12H,5,11H2,1H3. The monoisotopic (exact) mass is 169 g/mol. The molecule has 2 nitrogen and oxygen atoms in total. The van der Waals surface area contributed by atoms with E-state index in [9.17, 15) is 4.39 Å². The number of phenolic OH excluding ortho intramolecular Hbond substituents is 1. The van der Waals surface area contributed by atoms with Gasteiger partial charge in [0.25, 0.3) is 0 Å². The van der Waals surface area contributed by atoms with Crippen molar-refractivity contribution in [1.29, 1.82) is 0 Å². The van der Waals surface area contributed by atoms with Crippen LogP contribution in [0, 0.1) is 5.82 Å². The molecule has 0 radical (unpaired) electrons. The Labute approximate surface area is 70.8 Å². The Morgan fingerprint density at radius 2 is 2.25 bits per heavy atom. The molecule has 0 heterocycles. The highest BCUT2D eigenvalue weighted by Crippen LogP contribution is 2.21. The lowest BCUT2D eigenvalue weighted by Crippen LogP contribution is -2.08. The van der Waals surface area contributed by atoms with Gasteiger partial charge in [0, 0.05) is 0 Å². The van der Waals surface area contributed by atoms with Gasteiger partial charge >= 0.3 is 0 Å². The van der Waals surface area contributed by atoms with Crippen LogP contribution in [0.5, 0.6) is 5.75 Å². The van der Waals surface area contributed by atoms with Crippen LogP contribution in [0.25, 0.3) is 0 Å². The van der Waals surface area contributed by atoms with Gasteiger partial charge in [0.05, 0.1) is 0 Å². The zero-order valence-electron chi connectivity index (χ0n) is 6.92. The zero-order chi connectivity index (χ0) is 9.14. The lowest BCUT2D eigenvalue weighted by atomic mass is 10.0. The van der Waals surface area contributed by atoms with Crippen LogP contribution in [-0.4, -0.2) is 11.7 Å². The maximum Gasteiger partial charge on any atom is 0.164 e. The van der Waals surface area contributed by atoms with Crippen molar-refractivity contribution in [3.8, 4) is 5.75 Å².